The van der Waals surface area contributed by atoms with Gasteiger partial charge in [-0.1, -0.05) is 11.6 Å². The summed E-state index contributed by atoms with van der Waals surface area (Å²) in [5, 5.41) is 8.41. The number of carbonyl (C=O) groups is 1. The lowest BCUT2D eigenvalue weighted by Crippen LogP contribution is -2.23. The smallest absolute Gasteiger partial charge is 0.325 e. The third-order valence-corrected chi connectivity index (χ3v) is 2.22. The normalized spacial score (nSPS) is 12.3. The third-order valence-electron chi connectivity index (χ3n) is 1.94. The maximum atomic E-state index is 13.4. The second-order valence-electron chi connectivity index (χ2n) is 2.92. The van der Waals surface area contributed by atoms with E-state index in [0.717, 1.165) is 7.11 Å². The second kappa shape index (κ2) is 4.63. The average Bonchev–Trinajstić information content (AvgIpc) is 2.21. The summed E-state index contributed by atoms with van der Waals surface area (Å²) >= 11 is 5.58. The highest BCUT2D eigenvalue weighted by Crippen LogP contribution is 2.35. The predicted octanol–water partition coefficient (Wildman–Crippen LogP) is 1.71. The molecule has 0 aliphatic rings. The molecule has 1 rings (SSSR count). The molecule has 1 atom stereocenters. The third kappa shape index (κ3) is 2.07. The maximum Gasteiger partial charge on any atom is 0.325 e. The van der Waals surface area contributed by atoms with Crippen LogP contribution in [0.3, 0.4) is 0 Å². The highest BCUT2D eigenvalue weighted by Gasteiger charge is 2.27. The fourth-order valence-corrected chi connectivity index (χ4v) is 1.48. The van der Waals surface area contributed by atoms with Crippen LogP contribution in [-0.2, 0) is 4.79 Å². The monoisotopic (exact) mass is 251 g/mol. The van der Waals surface area contributed by atoms with Crippen molar-refractivity contribution in [2.45, 2.75) is 6.04 Å². The Morgan fingerprint density at radius 2 is 2.19 bits per heavy atom. The molecule has 4 nitrogen and oxygen atoms in total. The van der Waals surface area contributed by atoms with Crippen molar-refractivity contribution < 1.29 is 23.4 Å². The summed E-state index contributed by atoms with van der Waals surface area (Å²) in [7, 11) is 1.15. The molecular weight excluding hydrogens is 244 g/mol. The van der Waals surface area contributed by atoms with E-state index in [1.165, 1.54) is 0 Å². The molecule has 88 valence electrons. The van der Waals surface area contributed by atoms with Crippen molar-refractivity contribution in [3.05, 3.63) is 28.3 Å². The molecule has 0 spiro atoms. The van der Waals surface area contributed by atoms with E-state index in [-0.39, 0.29) is 10.8 Å². The summed E-state index contributed by atoms with van der Waals surface area (Å²) in [5.41, 5.74) is 4.60. The number of aliphatic carboxylic acids is 1. The topological polar surface area (TPSA) is 72.5 Å². The molecule has 0 saturated heterocycles. The van der Waals surface area contributed by atoms with Crippen molar-refractivity contribution >= 4 is 17.6 Å². The Morgan fingerprint density at radius 3 is 2.62 bits per heavy atom. The van der Waals surface area contributed by atoms with E-state index in [2.05, 4.69) is 0 Å². The molecule has 0 aliphatic heterocycles. The Labute approximate surface area is 94.6 Å². The first-order valence-electron chi connectivity index (χ1n) is 4.10. The van der Waals surface area contributed by atoms with Gasteiger partial charge in [0, 0.05) is 0 Å². The number of methoxy groups -OCH3 is 1. The van der Waals surface area contributed by atoms with Crippen LogP contribution in [0.25, 0.3) is 0 Å². The number of carboxylic acids is 1. The fourth-order valence-electron chi connectivity index (χ4n) is 1.21. The van der Waals surface area contributed by atoms with Gasteiger partial charge in [-0.25, -0.2) is 8.78 Å². The van der Waals surface area contributed by atoms with E-state index in [0.29, 0.717) is 6.07 Å². The minimum absolute atomic E-state index is 0.242. The highest BCUT2D eigenvalue weighted by atomic mass is 35.5. The minimum atomic E-state index is -1.75. The van der Waals surface area contributed by atoms with Crippen LogP contribution in [-0.4, -0.2) is 18.2 Å². The Bertz CT molecular complexity index is 439. The Balaban J connectivity index is 3.50. The standard InChI is InChI=1S/C9H8ClF2NO3/c1-16-8-3(10)2-4(11)6(12)5(8)7(13)9(14)15/h2,7H,13H2,1H3,(H,14,15). The van der Waals surface area contributed by atoms with Crippen molar-refractivity contribution in [2.75, 3.05) is 7.11 Å². The summed E-state index contributed by atoms with van der Waals surface area (Å²) in [5.74, 6) is -4.46. The molecule has 0 aromatic heterocycles. The summed E-state index contributed by atoms with van der Waals surface area (Å²) in [6.07, 6.45) is 0. The molecule has 0 fully saturated rings. The molecule has 16 heavy (non-hydrogen) atoms. The quantitative estimate of drug-likeness (QED) is 0.802. The zero-order valence-corrected chi connectivity index (χ0v) is 8.89. The van der Waals surface area contributed by atoms with Crippen molar-refractivity contribution in [1.29, 1.82) is 0 Å². The first-order valence-corrected chi connectivity index (χ1v) is 4.47. The molecule has 1 aromatic carbocycles. The molecule has 0 heterocycles. The largest absolute Gasteiger partial charge is 0.495 e. The van der Waals surface area contributed by atoms with Gasteiger partial charge in [0.05, 0.1) is 17.7 Å². The van der Waals surface area contributed by atoms with Crippen LogP contribution in [0.5, 0.6) is 5.75 Å². The van der Waals surface area contributed by atoms with Crippen molar-refractivity contribution in [3.8, 4) is 5.75 Å². The minimum Gasteiger partial charge on any atom is -0.495 e. The summed E-state index contributed by atoms with van der Waals surface area (Å²) < 4.78 is 31.1. The van der Waals surface area contributed by atoms with Crippen LogP contribution >= 0.6 is 11.6 Å². The van der Waals surface area contributed by atoms with E-state index in [1.54, 1.807) is 0 Å². The Hall–Kier alpha value is -1.40. The first kappa shape index (κ1) is 12.7. The predicted molar refractivity (Wildman–Crippen MR) is 52.5 cm³/mol. The lowest BCUT2D eigenvalue weighted by molar-refractivity contribution is -0.138. The van der Waals surface area contributed by atoms with Gasteiger partial charge in [-0.05, 0) is 6.07 Å². The number of benzene rings is 1. The average molecular weight is 252 g/mol. The number of ether oxygens (including phenoxy) is 1. The fraction of sp³-hybridized carbons (Fsp3) is 0.222. The maximum absolute atomic E-state index is 13.4. The van der Waals surface area contributed by atoms with E-state index in [9.17, 15) is 13.6 Å². The van der Waals surface area contributed by atoms with Gasteiger partial charge < -0.3 is 15.6 Å². The van der Waals surface area contributed by atoms with Crippen LogP contribution in [0.15, 0.2) is 6.07 Å². The van der Waals surface area contributed by atoms with Gasteiger partial charge in [0.1, 0.15) is 11.8 Å². The van der Waals surface area contributed by atoms with Crippen LogP contribution in [0.4, 0.5) is 8.78 Å². The molecule has 0 bridgehead atoms. The molecule has 0 amide bonds. The molecule has 0 radical (unpaired) electrons. The second-order valence-corrected chi connectivity index (χ2v) is 3.32. The lowest BCUT2D eigenvalue weighted by atomic mass is 10.1. The Kier molecular flexibility index (Phi) is 3.66. The van der Waals surface area contributed by atoms with Gasteiger partial charge >= 0.3 is 5.97 Å². The van der Waals surface area contributed by atoms with Crippen LogP contribution < -0.4 is 10.5 Å². The van der Waals surface area contributed by atoms with Crippen LogP contribution in [0.2, 0.25) is 5.02 Å². The molecule has 3 N–H and O–H groups in total. The molecule has 7 heteroatoms. The van der Waals surface area contributed by atoms with Gasteiger partial charge in [-0.3, -0.25) is 4.79 Å². The number of hydrogen-bond donors (Lipinski definition) is 2. The number of rotatable bonds is 3. The van der Waals surface area contributed by atoms with Crippen LogP contribution in [0.1, 0.15) is 11.6 Å². The zero-order valence-electron chi connectivity index (χ0n) is 8.13. The Morgan fingerprint density at radius 1 is 1.62 bits per heavy atom. The molecule has 1 aromatic rings. The van der Waals surface area contributed by atoms with E-state index >= 15 is 0 Å². The number of halogens is 3. The summed E-state index contributed by atoms with van der Waals surface area (Å²) in [4.78, 5) is 10.6. The van der Waals surface area contributed by atoms with E-state index in [4.69, 9.17) is 27.2 Å². The van der Waals surface area contributed by atoms with Gasteiger partial charge in [0.15, 0.2) is 11.6 Å². The van der Waals surface area contributed by atoms with Crippen LogP contribution in [0, 0.1) is 11.6 Å². The molecule has 0 saturated carbocycles. The van der Waals surface area contributed by atoms with Crippen molar-refractivity contribution in [2.24, 2.45) is 5.73 Å². The SMILES string of the molecule is COc1c(Cl)cc(F)c(F)c1C(N)C(=O)O. The molecule has 1 unspecified atom stereocenters. The molecule has 0 aliphatic carbocycles. The van der Waals surface area contributed by atoms with Gasteiger partial charge in [0.25, 0.3) is 0 Å². The van der Waals surface area contributed by atoms with Crippen molar-refractivity contribution in [3.63, 3.8) is 0 Å². The summed E-state index contributed by atoms with van der Waals surface area (Å²) in [6, 6.07) is -1.06. The number of nitrogens with two attached hydrogens (primary N) is 1. The number of hydrogen-bond acceptors (Lipinski definition) is 3. The van der Waals surface area contributed by atoms with Crippen molar-refractivity contribution in [1.82, 2.24) is 0 Å². The van der Waals surface area contributed by atoms with E-state index in [1.807, 2.05) is 0 Å². The zero-order chi connectivity index (χ0) is 12.5. The van der Waals surface area contributed by atoms with Gasteiger partial charge in [-0.15, -0.1) is 0 Å². The van der Waals surface area contributed by atoms with Gasteiger partial charge in [-0.2, -0.15) is 0 Å². The number of carboxylic acid groups (broad SMARTS) is 1. The lowest BCUT2D eigenvalue weighted by Gasteiger charge is -2.14. The van der Waals surface area contributed by atoms with Gasteiger partial charge in [0.2, 0.25) is 0 Å². The van der Waals surface area contributed by atoms with E-state index < -0.39 is 29.2 Å². The highest BCUT2D eigenvalue weighted by molar-refractivity contribution is 6.32. The first-order chi connectivity index (χ1) is 7.40. The molecular formula is C9H8ClF2NO3. The summed E-state index contributed by atoms with van der Waals surface area (Å²) in [6.45, 7) is 0.